The summed E-state index contributed by atoms with van der Waals surface area (Å²) in [6.07, 6.45) is 4.44. The van der Waals surface area contributed by atoms with Crippen molar-refractivity contribution in [2.24, 2.45) is 11.7 Å². The van der Waals surface area contributed by atoms with E-state index in [0.29, 0.717) is 5.92 Å². The van der Waals surface area contributed by atoms with E-state index in [1.807, 2.05) is 6.92 Å². The zero-order chi connectivity index (χ0) is 12.5. The summed E-state index contributed by atoms with van der Waals surface area (Å²) < 4.78 is 0. The van der Waals surface area contributed by atoms with Gasteiger partial charge in [0.05, 0.1) is 6.61 Å². The van der Waals surface area contributed by atoms with Crippen LogP contribution < -0.4 is 5.73 Å². The summed E-state index contributed by atoms with van der Waals surface area (Å²) in [6.45, 7) is 4.18. The molecule has 0 aromatic heterocycles. The van der Waals surface area contributed by atoms with Crippen LogP contribution in [0.2, 0.25) is 0 Å². The highest BCUT2D eigenvalue weighted by atomic mass is 16.3. The molecule has 2 atom stereocenters. The molecule has 0 spiro atoms. The molecule has 94 valence electrons. The average Bonchev–Trinajstić information content (AvgIpc) is 2.51. The molecule has 2 nitrogen and oxygen atoms in total. The van der Waals surface area contributed by atoms with Gasteiger partial charge < -0.3 is 10.8 Å². The second-order valence-corrected chi connectivity index (χ2v) is 5.73. The normalized spacial score (nSPS) is 23.6. The smallest absolute Gasteiger partial charge is 0.0611 e. The number of rotatable bonds is 2. The molecule has 2 heteroatoms. The van der Waals surface area contributed by atoms with Crippen LogP contribution in [0, 0.1) is 12.8 Å². The molecule has 0 aliphatic heterocycles. The van der Waals surface area contributed by atoms with Gasteiger partial charge >= 0.3 is 0 Å². The monoisotopic (exact) mass is 233 g/mol. The van der Waals surface area contributed by atoms with Crippen LogP contribution in [-0.2, 0) is 12.8 Å². The molecule has 0 saturated carbocycles. The van der Waals surface area contributed by atoms with Gasteiger partial charge in [-0.2, -0.15) is 0 Å². The second-order valence-electron chi connectivity index (χ2n) is 5.73. The van der Waals surface area contributed by atoms with Crippen LogP contribution in [0.15, 0.2) is 18.2 Å². The minimum absolute atomic E-state index is 0.0683. The standard InChI is InChI=1S/C15H23NO/c1-11-6-7-13-9-14(15(2,16)10-17)5-3-4-12(13)8-11/h6-8,14,17H,3-5,9-10,16H2,1-2H3/t14-,15-/m1/s1. The molecule has 1 aliphatic carbocycles. The molecule has 0 fully saturated rings. The highest BCUT2D eigenvalue weighted by Gasteiger charge is 2.31. The van der Waals surface area contributed by atoms with E-state index in [1.165, 1.54) is 23.1 Å². The maximum atomic E-state index is 9.41. The molecule has 1 aliphatic rings. The Bertz CT molecular complexity index is 398. The van der Waals surface area contributed by atoms with E-state index in [9.17, 15) is 5.11 Å². The van der Waals surface area contributed by atoms with Crippen LogP contribution in [0.4, 0.5) is 0 Å². The van der Waals surface area contributed by atoms with Crippen molar-refractivity contribution in [3.63, 3.8) is 0 Å². The van der Waals surface area contributed by atoms with Crippen LogP contribution in [0.5, 0.6) is 0 Å². The fraction of sp³-hybridized carbons (Fsp3) is 0.600. The molecule has 3 N–H and O–H groups in total. The topological polar surface area (TPSA) is 46.2 Å². The maximum Gasteiger partial charge on any atom is 0.0611 e. The maximum absolute atomic E-state index is 9.41. The summed E-state index contributed by atoms with van der Waals surface area (Å²) in [4.78, 5) is 0. The van der Waals surface area contributed by atoms with Gasteiger partial charge in [0.2, 0.25) is 0 Å². The van der Waals surface area contributed by atoms with Gasteiger partial charge in [0.25, 0.3) is 0 Å². The lowest BCUT2D eigenvalue weighted by atomic mass is 9.81. The number of aryl methyl sites for hydroxylation is 2. The quantitative estimate of drug-likeness (QED) is 0.769. The van der Waals surface area contributed by atoms with E-state index in [-0.39, 0.29) is 6.61 Å². The molecule has 17 heavy (non-hydrogen) atoms. The van der Waals surface area contributed by atoms with Gasteiger partial charge in [-0.1, -0.05) is 23.8 Å². The first-order chi connectivity index (χ1) is 8.03. The van der Waals surface area contributed by atoms with Crippen molar-refractivity contribution < 1.29 is 5.11 Å². The number of aliphatic hydroxyl groups is 1. The molecule has 0 heterocycles. The Morgan fingerprint density at radius 1 is 1.41 bits per heavy atom. The Hall–Kier alpha value is -0.860. The molecular weight excluding hydrogens is 210 g/mol. The van der Waals surface area contributed by atoms with Gasteiger partial charge in [-0.05, 0) is 56.6 Å². The van der Waals surface area contributed by atoms with Gasteiger partial charge in [-0.25, -0.2) is 0 Å². The van der Waals surface area contributed by atoms with E-state index < -0.39 is 5.54 Å². The summed E-state index contributed by atoms with van der Waals surface area (Å²) in [5.41, 5.74) is 9.97. The molecule has 0 radical (unpaired) electrons. The average molecular weight is 233 g/mol. The first kappa shape index (κ1) is 12.6. The Balaban J connectivity index is 2.26. The highest BCUT2D eigenvalue weighted by Crippen LogP contribution is 2.30. The largest absolute Gasteiger partial charge is 0.394 e. The third-order valence-corrected chi connectivity index (χ3v) is 4.10. The van der Waals surface area contributed by atoms with Crippen molar-refractivity contribution in [2.75, 3.05) is 6.61 Å². The zero-order valence-corrected chi connectivity index (χ0v) is 10.9. The summed E-state index contributed by atoms with van der Waals surface area (Å²) >= 11 is 0. The first-order valence-corrected chi connectivity index (χ1v) is 6.51. The van der Waals surface area contributed by atoms with Gasteiger partial charge in [0.15, 0.2) is 0 Å². The summed E-state index contributed by atoms with van der Waals surface area (Å²) in [5.74, 6) is 0.386. The van der Waals surface area contributed by atoms with Crippen molar-refractivity contribution in [1.82, 2.24) is 0 Å². The van der Waals surface area contributed by atoms with Crippen LogP contribution in [-0.4, -0.2) is 17.3 Å². The molecule has 2 rings (SSSR count). The van der Waals surface area contributed by atoms with Crippen LogP contribution in [0.1, 0.15) is 36.5 Å². The van der Waals surface area contributed by atoms with Crippen molar-refractivity contribution in [2.45, 2.75) is 45.1 Å². The SMILES string of the molecule is Cc1ccc2c(c1)CCC[C@@H]([C@](C)(N)CO)C2. The van der Waals surface area contributed by atoms with E-state index in [4.69, 9.17) is 5.73 Å². The predicted octanol–water partition coefficient (Wildman–Crippen LogP) is 2.20. The summed E-state index contributed by atoms with van der Waals surface area (Å²) in [5, 5.41) is 9.41. The van der Waals surface area contributed by atoms with Crippen molar-refractivity contribution in [3.8, 4) is 0 Å². The molecule has 0 bridgehead atoms. The molecule has 1 aromatic rings. The third-order valence-electron chi connectivity index (χ3n) is 4.10. The number of aliphatic hydroxyl groups excluding tert-OH is 1. The number of nitrogens with two attached hydrogens (primary N) is 1. The number of hydrogen-bond acceptors (Lipinski definition) is 2. The minimum atomic E-state index is -0.452. The molecule has 0 saturated heterocycles. The van der Waals surface area contributed by atoms with E-state index in [2.05, 4.69) is 25.1 Å². The Labute approximate surface area is 104 Å². The number of hydrogen-bond donors (Lipinski definition) is 2. The van der Waals surface area contributed by atoms with Crippen LogP contribution >= 0.6 is 0 Å². The molecular formula is C15H23NO. The van der Waals surface area contributed by atoms with Crippen LogP contribution in [0.3, 0.4) is 0 Å². The predicted molar refractivity (Wildman–Crippen MR) is 71.0 cm³/mol. The second kappa shape index (κ2) is 4.79. The minimum Gasteiger partial charge on any atom is -0.394 e. The third kappa shape index (κ3) is 2.70. The number of fused-ring (bicyclic) bond motifs is 1. The van der Waals surface area contributed by atoms with Crippen molar-refractivity contribution >= 4 is 0 Å². The first-order valence-electron chi connectivity index (χ1n) is 6.51. The van der Waals surface area contributed by atoms with E-state index in [1.54, 1.807) is 0 Å². The molecule has 1 aromatic carbocycles. The Morgan fingerprint density at radius 2 is 2.18 bits per heavy atom. The van der Waals surface area contributed by atoms with Gasteiger partial charge in [-0.3, -0.25) is 0 Å². The summed E-state index contributed by atoms with van der Waals surface area (Å²) in [6, 6.07) is 6.70. The zero-order valence-electron chi connectivity index (χ0n) is 10.9. The lowest BCUT2D eigenvalue weighted by Gasteiger charge is -2.32. The summed E-state index contributed by atoms with van der Waals surface area (Å²) in [7, 11) is 0. The Morgan fingerprint density at radius 3 is 2.88 bits per heavy atom. The Kier molecular flexibility index (Phi) is 3.55. The van der Waals surface area contributed by atoms with Crippen molar-refractivity contribution in [3.05, 3.63) is 34.9 Å². The van der Waals surface area contributed by atoms with Gasteiger partial charge in [-0.15, -0.1) is 0 Å². The molecule has 0 amide bonds. The highest BCUT2D eigenvalue weighted by molar-refractivity contribution is 5.33. The van der Waals surface area contributed by atoms with Gasteiger partial charge in [0, 0.05) is 5.54 Å². The fourth-order valence-corrected chi connectivity index (χ4v) is 2.78. The lowest BCUT2D eigenvalue weighted by Crippen LogP contribution is -2.48. The molecule has 0 unspecified atom stereocenters. The van der Waals surface area contributed by atoms with E-state index >= 15 is 0 Å². The lowest BCUT2D eigenvalue weighted by molar-refractivity contribution is 0.148. The van der Waals surface area contributed by atoms with Gasteiger partial charge in [0.1, 0.15) is 0 Å². The number of benzene rings is 1. The van der Waals surface area contributed by atoms with Crippen molar-refractivity contribution in [1.29, 1.82) is 0 Å². The van der Waals surface area contributed by atoms with E-state index in [0.717, 1.165) is 19.3 Å². The fourth-order valence-electron chi connectivity index (χ4n) is 2.78. The van der Waals surface area contributed by atoms with Crippen LogP contribution in [0.25, 0.3) is 0 Å².